The number of aromatic nitrogens is 1. The van der Waals surface area contributed by atoms with Gasteiger partial charge in [-0.1, -0.05) is 30.3 Å². The lowest BCUT2D eigenvalue weighted by molar-refractivity contribution is 0.294. The maximum Gasteiger partial charge on any atom is 0.164 e. The molecule has 0 unspecified atom stereocenters. The Kier molecular flexibility index (Phi) is 4.34. The maximum atomic E-state index is 5.88. The van der Waals surface area contributed by atoms with Crippen LogP contribution in [0.15, 0.2) is 54.7 Å². The third-order valence-corrected chi connectivity index (χ3v) is 4.69. The van der Waals surface area contributed by atoms with Gasteiger partial charge in [0.1, 0.15) is 17.4 Å². The average Bonchev–Trinajstić information content (AvgIpc) is 2.98. The van der Waals surface area contributed by atoms with E-state index in [0.29, 0.717) is 19.8 Å². The van der Waals surface area contributed by atoms with Gasteiger partial charge in [0.15, 0.2) is 11.5 Å². The van der Waals surface area contributed by atoms with Crippen LogP contribution in [0.2, 0.25) is 0 Å². The van der Waals surface area contributed by atoms with Crippen LogP contribution in [0.3, 0.4) is 0 Å². The lowest BCUT2D eigenvalue weighted by Gasteiger charge is -2.10. The highest BCUT2D eigenvalue weighted by molar-refractivity contribution is 7.15. The second-order valence-electron chi connectivity index (χ2n) is 5.45. The Labute approximate surface area is 144 Å². The first-order chi connectivity index (χ1) is 11.9. The third kappa shape index (κ3) is 3.36. The normalized spacial score (nSPS) is 13.3. The third-order valence-electron chi connectivity index (χ3n) is 3.67. The van der Waals surface area contributed by atoms with Crippen LogP contribution in [-0.2, 0) is 6.61 Å². The van der Waals surface area contributed by atoms with Crippen molar-refractivity contribution in [2.24, 2.45) is 0 Å². The Hall–Kier alpha value is -2.53. The minimum atomic E-state index is 0.490. The molecule has 4 rings (SSSR count). The summed E-state index contributed by atoms with van der Waals surface area (Å²) in [6.07, 6.45) is 2.77. The molecule has 24 heavy (non-hydrogen) atoms. The van der Waals surface area contributed by atoms with Crippen LogP contribution in [0.5, 0.6) is 17.2 Å². The smallest absolute Gasteiger partial charge is 0.164 e. The molecule has 1 aliphatic rings. The molecule has 0 atom stereocenters. The number of fused-ring (bicyclic) bond motifs is 1. The van der Waals surface area contributed by atoms with E-state index in [1.54, 1.807) is 11.3 Å². The van der Waals surface area contributed by atoms with Crippen molar-refractivity contribution in [3.8, 4) is 27.8 Å². The lowest BCUT2D eigenvalue weighted by atomic mass is 10.2. The van der Waals surface area contributed by atoms with E-state index in [9.17, 15) is 0 Å². The lowest BCUT2D eigenvalue weighted by Crippen LogP contribution is -1.97. The predicted molar refractivity (Wildman–Crippen MR) is 93.9 cm³/mol. The number of thiazole rings is 1. The quantitative estimate of drug-likeness (QED) is 0.699. The van der Waals surface area contributed by atoms with Gasteiger partial charge in [-0.2, -0.15) is 0 Å². The Morgan fingerprint density at radius 1 is 1.00 bits per heavy atom. The van der Waals surface area contributed by atoms with Crippen molar-refractivity contribution in [3.63, 3.8) is 0 Å². The molecule has 2 heterocycles. The van der Waals surface area contributed by atoms with Crippen LogP contribution < -0.4 is 14.2 Å². The molecule has 0 spiro atoms. The Morgan fingerprint density at radius 2 is 1.83 bits per heavy atom. The second-order valence-corrected chi connectivity index (χ2v) is 6.56. The van der Waals surface area contributed by atoms with Gasteiger partial charge in [-0.05, 0) is 12.1 Å². The molecule has 5 heteroatoms. The molecule has 0 saturated carbocycles. The molecule has 0 saturated heterocycles. The molecule has 2 aromatic carbocycles. The second kappa shape index (κ2) is 6.93. The summed E-state index contributed by atoms with van der Waals surface area (Å²) in [5.41, 5.74) is 1.13. The van der Waals surface area contributed by atoms with Crippen LogP contribution >= 0.6 is 11.3 Å². The van der Waals surface area contributed by atoms with E-state index in [2.05, 4.69) is 17.1 Å². The van der Waals surface area contributed by atoms with E-state index in [1.807, 2.05) is 42.6 Å². The van der Waals surface area contributed by atoms with E-state index < -0.39 is 0 Å². The fraction of sp³-hybridized carbons (Fsp3) is 0.211. The summed E-state index contributed by atoms with van der Waals surface area (Å²) >= 11 is 1.65. The minimum Gasteiger partial charge on any atom is -0.490 e. The van der Waals surface area contributed by atoms with Crippen molar-refractivity contribution < 1.29 is 14.2 Å². The molecule has 0 aliphatic carbocycles. The SMILES string of the molecule is c1ccc(-c2ncc(COc3ccc4c(c3)OCCCO4)s2)cc1. The largest absolute Gasteiger partial charge is 0.490 e. The monoisotopic (exact) mass is 339 g/mol. The summed E-state index contributed by atoms with van der Waals surface area (Å²) in [6.45, 7) is 1.85. The summed E-state index contributed by atoms with van der Waals surface area (Å²) in [5, 5.41) is 1.01. The molecular weight excluding hydrogens is 322 g/mol. The van der Waals surface area contributed by atoms with Crippen LogP contribution in [0.25, 0.3) is 10.6 Å². The number of benzene rings is 2. The predicted octanol–water partition coefficient (Wildman–Crippen LogP) is 4.55. The van der Waals surface area contributed by atoms with Crippen LogP contribution in [0, 0.1) is 0 Å². The molecule has 1 aliphatic heterocycles. The molecule has 0 fully saturated rings. The first-order valence-corrected chi connectivity index (χ1v) is 8.73. The molecule has 1 aromatic heterocycles. The van der Waals surface area contributed by atoms with Gasteiger partial charge in [0.25, 0.3) is 0 Å². The molecule has 0 N–H and O–H groups in total. The van der Waals surface area contributed by atoms with Gasteiger partial charge in [-0.25, -0.2) is 4.98 Å². The van der Waals surface area contributed by atoms with Crippen molar-refractivity contribution >= 4 is 11.3 Å². The van der Waals surface area contributed by atoms with Crippen molar-refractivity contribution in [2.45, 2.75) is 13.0 Å². The van der Waals surface area contributed by atoms with Crippen molar-refractivity contribution in [1.29, 1.82) is 0 Å². The van der Waals surface area contributed by atoms with E-state index in [0.717, 1.165) is 39.1 Å². The standard InChI is InChI=1S/C19H17NO3S/c1-2-5-14(6-3-1)19-20-12-16(24-19)13-23-15-7-8-17-18(11-15)22-10-4-9-21-17/h1-3,5-8,11-12H,4,9-10,13H2. The molecular formula is C19H17NO3S. The van der Waals surface area contributed by atoms with Crippen LogP contribution in [-0.4, -0.2) is 18.2 Å². The first kappa shape index (κ1) is 15.0. The number of hydrogen-bond donors (Lipinski definition) is 0. The summed E-state index contributed by atoms with van der Waals surface area (Å²) < 4.78 is 17.2. The zero-order valence-corrected chi connectivity index (χ0v) is 13.9. The number of rotatable bonds is 4. The zero-order valence-electron chi connectivity index (χ0n) is 13.1. The number of hydrogen-bond acceptors (Lipinski definition) is 5. The van der Waals surface area contributed by atoms with Gasteiger partial charge in [-0.15, -0.1) is 11.3 Å². The van der Waals surface area contributed by atoms with Crippen LogP contribution in [0.4, 0.5) is 0 Å². The maximum absolute atomic E-state index is 5.88. The number of nitrogens with zero attached hydrogens (tertiary/aromatic N) is 1. The van der Waals surface area contributed by atoms with Gasteiger partial charge in [-0.3, -0.25) is 0 Å². The Balaban J connectivity index is 1.44. The van der Waals surface area contributed by atoms with Crippen molar-refractivity contribution in [3.05, 3.63) is 59.6 Å². The summed E-state index contributed by atoms with van der Waals surface area (Å²) in [4.78, 5) is 5.56. The van der Waals surface area contributed by atoms with E-state index >= 15 is 0 Å². The zero-order chi connectivity index (χ0) is 16.2. The molecule has 3 aromatic rings. The van der Waals surface area contributed by atoms with E-state index in [-0.39, 0.29) is 0 Å². The fourth-order valence-corrected chi connectivity index (χ4v) is 3.31. The number of ether oxygens (including phenoxy) is 3. The highest BCUT2D eigenvalue weighted by atomic mass is 32.1. The van der Waals surface area contributed by atoms with Gasteiger partial charge >= 0.3 is 0 Å². The van der Waals surface area contributed by atoms with Gasteiger partial charge in [0, 0.05) is 24.2 Å². The van der Waals surface area contributed by atoms with Gasteiger partial charge in [0.2, 0.25) is 0 Å². The van der Waals surface area contributed by atoms with E-state index in [1.165, 1.54) is 0 Å². The van der Waals surface area contributed by atoms with Crippen LogP contribution in [0.1, 0.15) is 11.3 Å². The molecule has 0 bridgehead atoms. The van der Waals surface area contributed by atoms with Gasteiger partial charge in [0.05, 0.1) is 18.1 Å². The minimum absolute atomic E-state index is 0.490. The van der Waals surface area contributed by atoms with Crippen molar-refractivity contribution in [1.82, 2.24) is 4.98 Å². The first-order valence-electron chi connectivity index (χ1n) is 7.91. The molecule has 4 nitrogen and oxygen atoms in total. The highest BCUT2D eigenvalue weighted by Crippen LogP contribution is 2.34. The fourth-order valence-electron chi connectivity index (χ4n) is 2.48. The Morgan fingerprint density at radius 3 is 2.71 bits per heavy atom. The summed E-state index contributed by atoms with van der Waals surface area (Å²) in [6, 6.07) is 15.9. The Bertz CT molecular complexity index is 816. The van der Waals surface area contributed by atoms with Crippen molar-refractivity contribution in [2.75, 3.05) is 13.2 Å². The molecule has 122 valence electrons. The molecule has 0 radical (unpaired) electrons. The summed E-state index contributed by atoms with van der Waals surface area (Å²) in [7, 11) is 0. The average molecular weight is 339 g/mol. The van der Waals surface area contributed by atoms with Gasteiger partial charge < -0.3 is 14.2 Å². The molecule has 0 amide bonds. The highest BCUT2D eigenvalue weighted by Gasteiger charge is 2.11. The summed E-state index contributed by atoms with van der Waals surface area (Å²) in [5.74, 6) is 2.30. The topological polar surface area (TPSA) is 40.6 Å². The van der Waals surface area contributed by atoms with E-state index in [4.69, 9.17) is 14.2 Å².